The highest BCUT2D eigenvalue weighted by molar-refractivity contribution is 7.03. The number of carboxylic acid groups (broad SMARTS) is 1. The minimum absolute atomic E-state index is 0.182. The number of fused-ring (bicyclic) bond motifs is 8. The number of carbonyl (C=O) groups excluding carboxylic acids is 1. The molecule has 0 saturated carbocycles. The molecular formula is C34H36N2O4Si. The zero-order valence-electron chi connectivity index (χ0n) is 23.5. The van der Waals surface area contributed by atoms with Crippen molar-refractivity contribution in [1.29, 1.82) is 0 Å². The Morgan fingerprint density at radius 1 is 0.707 bits per heavy atom. The van der Waals surface area contributed by atoms with Crippen LogP contribution >= 0.6 is 0 Å². The Morgan fingerprint density at radius 3 is 1.80 bits per heavy atom. The van der Waals surface area contributed by atoms with Crippen LogP contribution in [0.3, 0.4) is 0 Å². The summed E-state index contributed by atoms with van der Waals surface area (Å²) >= 11 is 0. The van der Waals surface area contributed by atoms with E-state index in [1.54, 1.807) is 12.1 Å². The third-order valence-electron chi connectivity index (χ3n) is 10.6. The van der Waals surface area contributed by atoms with E-state index in [2.05, 4.69) is 46.2 Å². The number of ether oxygens (including phenoxy) is 1. The van der Waals surface area contributed by atoms with E-state index in [9.17, 15) is 14.7 Å². The molecule has 7 heteroatoms. The van der Waals surface area contributed by atoms with Crippen molar-refractivity contribution in [2.24, 2.45) is 0 Å². The van der Waals surface area contributed by atoms with Crippen LogP contribution in [-0.2, 0) is 10.3 Å². The molecule has 0 atom stereocenters. The Balaban J connectivity index is 1.44. The van der Waals surface area contributed by atoms with Crippen molar-refractivity contribution < 1.29 is 19.4 Å². The molecule has 0 unspecified atom stereocenters. The fourth-order valence-corrected chi connectivity index (χ4v) is 14.3. The van der Waals surface area contributed by atoms with Gasteiger partial charge in [-0.1, -0.05) is 31.4 Å². The van der Waals surface area contributed by atoms with Gasteiger partial charge in [0.05, 0.1) is 11.1 Å². The van der Waals surface area contributed by atoms with Crippen molar-refractivity contribution in [2.45, 2.75) is 62.6 Å². The molecule has 5 aliphatic heterocycles. The molecule has 0 amide bonds. The van der Waals surface area contributed by atoms with Gasteiger partial charge in [-0.15, -0.1) is 0 Å². The number of carbonyl (C=O) groups is 2. The molecule has 210 valence electrons. The zero-order chi connectivity index (χ0) is 27.8. The second-order valence-electron chi connectivity index (χ2n) is 12.6. The van der Waals surface area contributed by atoms with Gasteiger partial charge in [-0.3, -0.25) is 0 Å². The van der Waals surface area contributed by atoms with Crippen molar-refractivity contribution in [3.05, 3.63) is 82.4 Å². The average Bonchev–Trinajstić information content (AvgIpc) is 3.79. The fourth-order valence-electron chi connectivity index (χ4n) is 8.59. The molecule has 5 heterocycles. The Hall–Kier alpha value is -3.58. The first-order chi connectivity index (χ1) is 20.0. The van der Waals surface area contributed by atoms with Gasteiger partial charge in [0.25, 0.3) is 0 Å². The topological polar surface area (TPSA) is 70.1 Å². The second kappa shape index (κ2) is 9.21. The van der Waals surface area contributed by atoms with Gasteiger partial charge >= 0.3 is 11.9 Å². The first kappa shape index (κ1) is 25.2. The monoisotopic (exact) mass is 564 g/mol. The molecule has 0 bridgehead atoms. The summed E-state index contributed by atoms with van der Waals surface area (Å²) in [5.41, 5.74) is 4.87. The number of carboxylic acids is 1. The minimum Gasteiger partial charge on any atom is -0.478 e. The quantitative estimate of drug-likeness (QED) is 0.352. The van der Waals surface area contributed by atoms with Gasteiger partial charge in [-0.2, -0.15) is 0 Å². The van der Waals surface area contributed by atoms with Crippen LogP contribution in [0.5, 0.6) is 0 Å². The summed E-state index contributed by atoms with van der Waals surface area (Å²) in [6, 6.07) is 21.1. The number of benzene rings is 3. The predicted molar refractivity (Wildman–Crippen MR) is 163 cm³/mol. The highest BCUT2D eigenvalue weighted by atomic mass is 28.3. The van der Waals surface area contributed by atoms with Crippen LogP contribution in [0.25, 0.3) is 0 Å². The van der Waals surface area contributed by atoms with E-state index in [4.69, 9.17) is 4.74 Å². The van der Waals surface area contributed by atoms with Gasteiger partial charge in [-0.25, -0.2) is 9.59 Å². The summed E-state index contributed by atoms with van der Waals surface area (Å²) < 4.78 is 6.58. The highest BCUT2D eigenvalue weighted by Gasteiger charge is 2.58. The number of hydrogen-bond donors (Lipinski definition) is 1. The first-order valence-electron chi connectivity index (χ1n) is 15.4. The number of hydrogen-bond acceptors (Lipinski definition) is 5. The molecule has 3 aromatic rings. The molecule has 3 fully saturated rings. The van der Waals surface area contributed by atoms with Crippen LogP contribution < -0.4 is 20.2 Å². The number of nitrogens with zero attached hydrogens (tertiary/aromatic N) is 2. The van der Waals surface area contributed by atoms with Crippen molar-refractivity contribution in [1.82, 2.24) is 0 Å². The zero-order valence-corrected chi connectivity index (χ0v) is 24.5. The molecule has 3 saturated heterocycles. The lowest BCUT2D eigenvalue weighted by Crippen LogP contribution is -2.67. The van der Waals surface area contributed by atoms with E-state index in [-0.39, 0.29) is 11.5 Å². The lowest BCUT2D eigenvalue weighted by atomic mass is 9.78. The highest BCUT2D eigenvalue weighted by Crippen LogP contribution is 2.51. The third kappa shape index (κ3) is 3.54. The first-order valence-corrected chi connectivity index (χ1v) is 17.8. The largest absolute Gasteiger partial charge is 0.478 e. The molecule has 3 aromatic carbocycles. The van der Waals surface area contributed by atoms with Gasteiger partial charge < -0.3 is 19.6 Å². The van der Waals surface area contributed by atoms with Gasteiger partial charge in [0, 0.05) is 54.2 Å². The van der Waals surface area contributed by atoms with Crippen molar-refractivity contribution >= 4 is 41.8 Å². The molecular weight excluding hydrogens is 528 g/mol. The van der Waals surface area contributed by atoms with E-state index >= 15 is 0 Å². The Bertz CT molecular complexity index is 1510. The molecule has 1 N–H and O–H groups in total. The Morgan fingerprint density at radius 2 is 1.27 bits per heavy atom. The number of aromatic carboxylic acids is 1. The van der Waals surface area contributed by atoms with E-state index in [1.165, 1.54) is 84.8 Å². The minimum atomic E-state index is -2.21. The van der Waals surface area contributed by atoms with Gasteiger partial charge in [-0.05, 0) is 90.6 Å². The van der Waals surface area contributed by atoms with Gasteiger partial charge in [0.1, 0.15) is 8.07 Å². The van der Waals surface area contributed by atoms with Gasteiger partial charge in [0.15, 0.2) is 5.60 Å². The summed E-state index contributed by atoms with van der Waals surface area (Å²) in [7, 11) is -2.21. The number of esters is 1. The lowest BCUT2D eigenvalue weighted by Gasteiger charge is -2.48. The van der Waals surface area contributed by atoms with E-state index < -0.39 is 19.6 Å². The van der Waals surface area contributed by atoms with E-state index in [1.807, 2.05) is 0 Å². The number of anilines is 2. The molecule has 2 spiro atoms. The summed E-state index contributed by atoms with van der Waals surface area (Å²) in [5, 5.41) is 12.7. The molecule has 41 heavy (non-hydrogen) atoms. The maximum absolute atomic E-state index is 13.6. The summed E-state index contributed by atoms with van der Waals surface area (Å²) in [4.78, 5) is 30.7. The predicted octanol–water partition coefficient (Wildman–Crippen LogP) is 5.11. The van der Waals surface area contributed by atoms with Gasteiger partial charge in [0.2, 0.25) is 0 Å². The van der Waals surface area contributed by atoms with Crippen LogP contribution in [0, 0.1) is 0 Å². The fraction of sp³-hybridized carbons (Fsp3) is 0.412. The van der Waals surface area contributed by atoms with Crippen LogP contribution in [0.15, 0.2) is 54.6 Å². The normalized spacial score (nSPS) is 21.6. The lowest BCUT2D eigenvalue weighted by molar-refractivity contribution is 0.0255. The van der Waals surface area contributed by atoms with Crippen LogP contribution in [-0.4, -0.2) is 51.3 Å². The molecule has 0 radical (unpaired) electrons. The Labute approximate surface area is 241 Å². The SMILES string of the molecule is O=C(O)c1ccc2c(c1)C1(OC2=O)c2ccc(N3CCCC3)cc2[Si]2(CCCCC2)c2cc(N3CCCC3)ccc21. The molecule has 6 nitrogen and oxygen atoms in total. The standard InChI is InChI=1S/C34H36N2O4Si/c37-32(38)23-8-11-26-29(20-23)34(40-33(26)39)27-12-9-24(35-14-2-3-15-35)21-30(27)41(18-6-1-7-19-41)31-22-25(10-13-28(31)34)36-16-4-5-17-36/h8-13,20-22H,1-7,14-19H2,(H,37,38). The smallest absolute Gasteiger partial charge is 0.340 e. The maximum Gasteiger partial charge on any atom is 0.340 e. The average molecular weight is 565 g/mol. The van der Waals surface area contributed by atoms with E-state index in [0.29, 0.717) is 11.1 Å². The summed E-state index contributed by atoms with van der Waals surface area (Å²) in [5.74, 6) is -1.37. The second-order valence-corrected chi connectivity index (χ2v) is 16.9. The Kier molecular flexibility index (Phi) is 5.65. The van der Waals surface area contributed by atoms with Crippen LogP contribution in [0.4, 0.5) is 11.4 Å². The summed E-state index contributed by atoms with van der Waals surface area (Å²) in [6.07, 6.45) is 8.58. The number of rotatable bonds is 3. The summed E-state index contributed by atoms with van der Waals surface area (Å²) in [6.45, 7) is 4.31. The van der Waals surface area contributed by atoms with Crippen molar-refractivity contribution in [3.8, 4) is 0 Å². The molecule has 0 aromatic heterocycles. The van der Waals surface area contributed by atoms with E-state index in [0.717, 1.165) is 37.3 Å². The van der Waals surface area contributed by atoms with Crippen molar-refractivity contribution in [3.63, 3.8) is 0 Å². The molecule has 8 rings (SSSR count). The maximum atomic E-state index is 13.6. The molecule has 5 aliphatic rings. The molecule has 0 aliphatic carbocycles. The van der Waals surface area contributed by atoms with Crippen molar-refractivity contribution in [2.75, 3.05) is 36.0 Å². The third-order valence-corrected chi connectivity index (χ3v) is 15.9. The van der Waals surface area contributed by atoms with Crippen LogP contribution in [0.1, 0.15) is 82.4 Å². The van der Waals surface area contributed by atoms with Crippen LogP contribution in [0.2, 0.25) is 12.1 Å².